The lowest BCUT2D eigenvalue weighted by Crippen LogP contribution is -2.30. The number of carbonyl (C=O) groups excluding carboxylic acids is 2. The molecule has 1 fully saturated rings. The highest BCUT2D eigenvalue weighted by atomic mass is 79.9. The number of carbonyl (C=O) groups is 2. The number of hydrogen-bond donors (Lipinski definition) is 1. The van der Waals surface area contributed by atoms with Crippen molar-refractivity contribution in [1.29, 1.82) is 0 Å². The van der Waals surface area contributed by atoms with E-state index in [0.29, 0.717) is 32.2 Å². The van der Waals surface area contributed by atoms with Gasteiger partial charge in [-0.2, -0.15) is 0 Å². The van der Waals surface area contributed by atoms with Crippen LogP contribution in [-0.2, 0) is 11.4 Å². The van der Waals surface area contributed by atoms with Gasteiger partial charge < -0.3 is 14.8 Å². The number of anilines is 1. The topological polar surface area (TPSA) is 111 Å². The zero-order valence-electron chi connectivity index (χ0n) is 18.2. The van der Waals surface area contributed by atoms with Gasteiger partial charge in [-0.05, 0) is 59.7 Å². The van der Waals surface area contributed by atoms with Gasteiger partial charge in [-0.3, -0.25) is 14.9 Å². The van der Waals surface area contributed by atoms with E-state index in [0.717, 1.165) is 10.5 Å². The van der Waals surface area contributed by atoms with Crippen LogP contribution >= 0.6 is 27.5 Å². The fourth-order valence-corrected chi connectivity index (χ4v) is 3.97. The van der Waals surface area contributed by atoms with Gasteiger partial charge in [-0.25, -0.2) is 9.69 Å². The molecule has 4 rings (SSSR count). The van der Waals surface area contributed by atoms with Crippen LogP contribution in [0, 0.1) is 10.1 Å². The SMILES string of the molecule is COc1cc(/C=C2/NC(=O)N(c3cccc(Cl)c3)C2=O)c(Br)cc1OCc1ccc([N+](=O)[O-])cc1. The molecule has 0 spiro atoms. The normalized spacial score (nSPS) is 14.3. The number of methoxy groups -OCH3 is 1. The third-order valence-corrected chi connectivity index (χ3v) is 5.99. The van der Waals surface area contributed by atoms with Crippen LogP contribution in [0.5, 0.6) is 11.5 Å². The molecule has 0 unspecified atom stereocenters. The minimum Gasteiger partial charge on any atom is -0.493 e. The lowest BCUT2D eigenvalue weighted by molar-refractivity contribution is -0.384. The van der Waals surface area contributed by atoms with E-state index in [1.165, 1.54) is 31.4 Å². The predicted molar refractivity (Wildman–Crippen MR) is 134 cm³/mol. The minimum atomic E-state index is -0.588. The van der Waals surface area contributed by atoms with E-state index in [1.807, 2.05) is 0 Å². The Hall–Kier alpha value is -3.89. The Morgan fingerprint density at radius 2 is 1.86 bits per heavy atom. The number of halogens is 2. The van der Waals surface area contributed by atoms with E-state index in [1.54, 1.807) is 42.5 Å². The first-order chi connectivity index (χ1) is 16.8. The van der Waals surface area contributed by atoms with Crippen molar-refractivity contribution in [2.45, 2.75) is 6.61 Å². The lowest BCUT2D eigenvalue weighted by atomic mass is 10.1. The average Bonchev–Trinajstić information content (AvgIpc) is 3.11. The monoisotopic (exact) mass is 557 g/mol. The smallest absolute Gasteiger partial charge is 0.333 e. The van der Waals surface area contributed by atoms with Crippen molar-refractivity contribution >= 4 is 56.9 Å². The zero-order chi connectivity index (χ0) is 25.1. The van der Waals surface area contributed by atoms with E-state index in [2.05, 4.69) is 21.2 Å². The van der Waals surface area contributed by atoms with Crippen LogP contribution in [0.15, 0.2) is 70.8 Å². The molecule has 0 radical (unpaired) electrons. The van der Waals surface area contributed by atoms with Gasteiger partial charge in [0, 0.05) is 21.6 Å². The maximum absolute atomic E-state index is 12.9. The highest BCUT2D eigenvalue weighted by Crippen LogP contribution is 2.36. The molecule has 9 nitrogen and oxygen atoms in total. The van der Waals surface area contributed by atoms with Crippen molar-refractivity contribution in [2.24, 2.45) is 0 Å². The molecule has 3 aromatic rings. The van der Waals surface area contributed by atoms with Crippen LogP contribution in [0.1, 0.15) is 11.1 Å². The summed E-state index contributed by atoms with van der Waals surface area (Å²) in [5.41, 5.74) is 1.74. The standard InChI is InChI=1S/C24H17BrClN3O6/c1-34-21-10-15(9-20-23(30)28(24(31)27-20)18-4-2-3-16(26)11-18)19(25)12-22(21)35-13-14-5-7-17(8-6-14)29(32)33/h2-12H,13H2,1H3,(H,27,31)/b20-9+. The number of benzene rings is 3. The predicted octanol–water partition coefficient (Wildman–Crippen LogP) is 5.70. The van der Waals surface area contributed by atoms with Crippen LogP contribution in [-0.4, -0.2) is 24.0 Å². The van der Waals surface area contributed by atoms with E-state index in [-0.39, 0.29) is 18.0 Å². The molecule has 1 N–H and O–H groups in total. The Balaban J connectivity index is 1.55. The summed E-state index contributed by atoms with van der Waals surface area (Å²) < 4.78 is 11.9. The average molecular weight is 559 g/mol. The minimum absolute atomic E-state index is 0.00561. The molecular formula is C24H17BrClN3O6. The van der Waals surface area contributed by atoms with E-state index < -0.39 is 16.9 Å². The molecule has 0 atom stereocenters. The Bertz CT molecular complexity index is 1360. The molecule has 3 aromatic carbocycles. The van der Waals surface area contributed by atoms with Gasteiger partial charge >= 0.3 is 6.03 Å². The van der Waals surface area contributed by atoms with Crippen LogP contribution in [0.2, 0.25) is 5.02 Å². The maximum Gasteiger partial charge on any atom is 0.333 e. The molecular weight excluding hydrogens is 542 g/mol. The second-order valence-electron chi connectivity index (χ2n) is 7.35. The summed E-state index contributed by atoms with van der Waals surface area (Å²) in [5.74, 6) is 0.286. The van der Waals surface area contributed by atoms with Crippen molar-refractivity contribution in [1.82, 2.24) is 5.32 Å². The quantitative estimate of drug-likeness (QED) is 0.172. The fourth-order valence-electron chi connectivity index (χ4n) is 3.35. The molecule has 3 amide bonds. The van der Waals surface area contributed by atoms with Gasteiger partial charge in [0.25, 0.3) is 11.6 Å². The third kappa shape index (κ3) is 5.28. The van der Waals surface area contributed by atoms with E-state index in [9.17, 15) is 19.7 Å². The zero-order valence-corrected chi connectivity index (χ0v) is 20.5. The first kappa shape index (κ1) is 24.2. The van der Waals surface area contributed by atoms with Crippen LogP contribution in [0.4, 0.5) is 16.2 Å². The van der Waals surface area contributed by atoms with Crippen molar-refractivity contribution in [3.63, 3.8) is 0 Å². The number of nitro benzene ring substituents is 1. The molecule has 1 heterocycles. The molecule has 0 saturated carbocycles. The number of nitro groups is 1. The second kappa shape index (κ2) is 10.2. The number of nitrogens with one attached hydrogen (secondary N) is 1. The number of amides is 3. The van der Waals surface area contributed by atoms with Gasteiger partial charge in [-0.15, -0.1) is 0 Å². The highest BCUT2D eigenvalue weighted by Gasteiger charge is 2.35. The molecule has 0 aliphatic carbocycles. The third-order valence-electron chi connectivity index (χ3n) is 5.07. The maximum atomic E-state index is 12.9. The van der Waals surface area contributed by atoms with Crippen LogP contribution in [0.25, 0.3) is 6.08 Å². The van der Waals surface area contributed by atoms with Crippen molar-refractivity contribution in [3.8, 4) is 11.5 Å². The van der Waals surface area contributed by atoms with Crippen LogP contribution < -0.4 is 19.7 Å². The number of imide groups is 1. The Kier molecular flexibility index (Phi) is 7.04. The number of rotatable bonds is 7. The van der Waals surface area contributed by atoms with Crippen LogP contribution in [0.3, 0.4) is 0 Å². The number of hydrogen-bond acceptors (Lipinski definition) is 6. The fraction of sp³-hybridized carbons (Fsp3) is 0.0833. The lowest BCUT2D eigenvalue weighted by Gasteiger charge is -2.13. The van der Waals surface area contributed by atoms with Gasteiger partial charge in [0.05, 0.1) is 17.7 Å². The summed E-state index contributed by atoms with van der Waals surface area (Å²) in [7, 11) is 1.47. The Morgan fingerprint density at radius 1 is 1.11 bits per heavy atom. The van der Waals surface area contributed by atoms with Gasteiger partial charge in [0.1, 0.15) is 12.3 Å². The summed E-state index contributed by atoms with van der Waals surface area (Å²) in [6, 6.07) is 15.2. The summed E-state index contributed by atoms with van der Waals surface area (Å²) in [6.45, 7) is 0.157. The molecule has 1 saturated heterocycles. The number of non-ortho nitro benzene ring substituents is 1. The Labute approximate surface area is 213 Å². The summed E-state index contributed by atoms with van der Waals surface area (Å²) >= 11 is 9.46. The Morgan fingerprint density at radius 3 is 2.51 bits per heavy atom. The number of urea groups is 1. The summed E-state index contributed by atoms with van der Waals surface area (Å²) in [4.78, 5) is 36.7. The van der Waals surface area contributed by atoms with Gasteiger partial charge in [0.2, 0.25) is 0 Å². The molecule has 11 heteroatoms. The van der Waals surface area contributed by atoms with Crippen molar-refractivity contribution in [2.75, 3.05) is 12.0 Å². The number of nitrogens with zero attached hydrogens (tertiary/aromatic N) is 2. The summed E-state index contributed by atoms with van der Waals surface area (Å²) in [5, 5.41) is 13.8. The van der Waals surface area contributed by atoms with E-state index >= 15 is 0 Å². The summed E-state index contributed by atoms with van der Waals surface area (Å²) in [6.07, 6.45) is 1.53. The van der Waals surface area contributed by atoms with Gasteiger partial charge in [-0.1, -0.05) is 33.6 Å². The van der Waals surface area contributed by atoms with Gasteiger partial charge in [0.15, 0.2) is 11.5 Å². The molecule has 1 aliphatic heterocycles. The number of ether oxygens (including phenoxy) is 2. The molecule has 0 bridgehead atoms. The van der Waals surface area contributed by atoms with E-state index in [4.69, 9.17) is 21.1 Å². The van der Waals surface area contributed by atoms with Crippen molar-refractivity contribution < 1.29 is 24.0 Å². The highest BCUT2D eigenvalue weighted by molar-refractivity contribution is 9.10. The first-order valence-corrected chi connectivity index (χ1v) is 11.3. The molecule has 1 aliphatic rings. The second-order valence-corrected chi connectivity index (χ2v) is 8.64. The first-order valence-electron chi connectivity index (χ1n) is 10.1. The largest absolute Gasteiger partial charge is 0.493 e. The molecule has 35 heavy (non-hydrogen) atoms. The van der Waals surface area contributed by atoms with Crippen molar-refractivity contribution in [3.05, 3.63) is 97.1 Å². The molecule has 0 aromatic heterocycles. The molecule has 178 valence electrons.